The Balaban J connectivity index is 2.37. The number of Topliss-reactive ketones (excluding diaryl/α,β-unsaturated/α-hetero) is 3. The highest BCUT2D eigenvalue weighted by molar-refractivity contribution is 6.23. The average molecular weight is 152 g/mol. The molecular weight excluding hydrogens is 144 g/mol. The Hall–Kier alpha value is -0.990. The van der Waals surface area contributed by atoms with E-state index in [4.69, 9.17) is 0 Å². The van der Waals surface area contributed by atoms with Gasteiger partial charge in [-0.05, 0) is 5.92 Å². The number of hydrogen-bond donors (Lipinski definition) is 0. The van der Waals surface area contributed by atoms with Gasteiger partial charge in [0.1, 0.15) is 5.92 Å². The minimum atomic E-state index is -0.861. The van der Waals surface area contributed by atoms with Gasteiger partial charge in [0, 0.05) is 19.3 Å². The molecule has 0 atom stereocenters. The van der Waals surface area contributed by atoms with E-state index in [-0.39, 0.29) is 23.3 Å². The first-order valence-electron chi connectivity index (χ1n) is 3.76. The Labute approximate surface area is 63.8 Å². The van der Waals surface area contributed by atoms with Crippen molar-refractivity contribution in [2.75, 3.05) is 0 Å². The Morgan fingerprint density at radius 3 is 1.36 bits per heavy atom. The molecule has 2 bridgehead atoms. The normalized spacial score (nSPS) is 36.5. The van der Waals surface area contributed by atoms with Gasteiger partial charge in [-0.3, -0.25) is 14.4 Å². The first kappa shape index (κ1) is 6.70. The van der Waals surface area contributed by atoms with Crippen LogP contribution in [0.25, 0.3) is 0 Å². The molecule has 3 aliphatic carbocycles. The number of ketones is 3. The summed E-state index contributed by atoms with van der Waals surface area (Å²) in [6.45, 7) is 0. The van der Waals surface area contributed by atoms with E-state index in [2.05, 4.69) is 0 Å². The van der Waals surface area contributed by atoms with Crippen molar-refractivity contribution >= 4 is 17.3 Å². The Bertz CT molecular complexity index is 211. The SMILES string of the molecule is O=C1CC2CC(=O)C1C(=O)C2. The van der Waals surface area contributed by atoms with Gasteiger partial charge >= 0.3 is 0 Å². The number of carbonyl (C=O) groups is 3. The van der Waals surface area contributed by atoms with Gasteiger partial charge in [0.05, 0.1) is 0 Å². The summed E-state index contributed by atoms with van der Waals surface area (Å²) in [5, 5.41) is 0. The summed E-state index contributed by atoms with van der Waals surface area (Å²) < 4.78 is 0. The Kier molecular flexibility index (Phi) is 1.22. The third kappa shape index (κ3) is 0.836. The topological polar surface area (TPSA) is 51.2 Å². The van der Waals surface area contributed by atoms with E-state index in [0.717, 1.165) is 0 Å². The van der Waals surface area contributed by atoms with Gasteiger partial charge in [-0.15, -0.1) is 0 Å². The lowest BCUT2D eigenvalue weighted by Crippen LogP contribution is -2.45. The van der Waals surface area contributed by atoms with E-state index in [1.165, 1.54) is 0 Å². The molecule has 0 aromatic heterocycles. The average Bonchev–Trinajstić information content (AvgIpc) is 1.82. The maximum atomic E-state index is 11.0. The quantitative estimate of drug-likeness (QED) is 0.463. The lowest BCUT2D eigenvalue weighted by molar-refractivity contribution is -0.148. The lowest BCUT2D eigenvalue weighted by atomic mass is 9.68. The van der Waals surface area contributed by atoms with Crippen LogP contribution in [0.3, 0.4) is 0 Å². The predicted molar refractivity (Wildman–Crippen MR) is 35.9 cm³/mol. The van der Waals surface area contributed by atoms with Gasteiger partial charge in [0.2, 0.25) is 0 Å². The van der Waals surface area contributed by atoms with Crippen LogP contribution < -0.4 is 0 Å². The molecule has 0 spiro atoms. The smallest absolute Gasteiger partial charge is 0.151 e. The molecule has 0 aliphatic heterocycles. The summed E-state index contributed by atoms with van der Waals surface area (Å²) >= 11 is 0. The van der Waals surface area contributed by atoms with Gasteiger partial charge in [-0.25, -0.2) is 0 Å². The maximum Gasteiger partial charge on any atom is 0.151 e. The molecule has 0 saturated heterocycles. The van der Waals surface area contributed by atoms with Crippen molar-refractivity contribution < 1.29 is 14.4 Å². The zero-order chi connectivity index (χ0) is 8.01. The monoisotopic (exact) mass is 152 g/mol. The number of fused-ring (bicyclic) bond motifs is 3. The molecule has 0 N–H and O–H groups in total. The van der Waals surface area contributed by atoms with E-state index < -0.39 is 5.92 Å². The number of carbonyl (C=O) groups excluding carboxylic acids is 3. The van der Waals surface area contributed by atoms with Gasteiger partial charge < -0.3 is 0 Å². The second-order valence-corrected chi connectivity index (χ2v) is 3.31. The molecule has 3 rings (SSSR count). The molecule has 3 nitrogen and oxygen atoms in total. The molecule has 11 heavy (non-hydrogen) atoms. The second kappa shape index (κ2) is 2.00. The van der Waals surface area contributed by atoms with Crippen molar-refractivity contribution in [2.24, 2.45) is 11.8 Å². The maximum absolute atomic E-state index is 11.0. The molecule has 3 saturated carbocycles. The molecule has 0 radical (unpaired) electrons. The summed E-state index contributed by atoms with van der Waals surface area (Å²) in [6, 6.07) is 0. The van der Waals surface area contributed by atoms with Crippen molar-refractivity contribution in [3.05, 3.63) is 0 Å². The van der Waals surface area contributed by atoms with E-state index in [1.807, 2.05) is 0 Å². The van der Waals surface area contributed by atoms with Crippen LogP contribution in [0.1, 0.15) is 19.3 Å². The Morgan fingerprint density at radius 1 is 0.818 bits per heavy atom. The fraction of sp³-hybridized carbons (Fsp3) is 0.625. The molecule has 0 amide bonds. The minimum Gasteiger partial charge on any atom is -0.298 e. The van der Waals surface area contributed by atoms with Crippen LogP contribution in [0, 0.1) is 11.8 Å². The molecular formula is C8H8O3. The molecule has 0 unspecified atom stereocenters. The van der Waals surface area contributed by atoms with Crippen molar-refractivity contribution in [1.29, 1.82) is 0 Å². The highest BCUT2D eigenvalue weighted by atomic mass is 16.2. The second-order valence-electron chi connectivity index (χ2n) is 3.31. The van der Waals surface area contributed by atoms with Crippen LogP contribution in [-0.4, -0.2) is 17.3 Å². The van der Waals surface area contributed by atoms with Crippen molar-refractivity contribution in [2.45, 2.75) is 19.3 Å². The van der Waals surface area contributed by atoms with Crippen molar-refractivity contribution in [3.63, 3.8) is 0 Å². The van der Waals surface area contributed by atoms with Crippen molar-refractivity contribution in [3.8, 4) is 0 Å². The molecule has 3 heteroatoms. The van der Waals surface area contributed by atoms with E-state index in [0.29, 0.717) is 19.3 Å². The zero-order valence-corrected chi connectivity index (χ0v) is 6.00. The highest BCUT2D eigenvalue weighted by Crippen LogP contribution is 2.33. The van der Waals surface area contributed by atoms with Gasteiger partial charge in [-0.2, -0.15) is 0 Å². The van der Waals surface area contributed by atoms with E-state index >= 15 is 0 Å². The summed E-state index contributed by atoms with van der Waals surface area (Å²) in [5.41, 5.74) is 0. The fourth-order valence-electron chi connectivity index (χ4n) is 1.96. The van der Waals surface area contributed by atoms with E-state index in [9.17, 15) is 14.4 Å². The van der Waals surface area contributed by atoms with Crippen LogP contribution in [0.4, 0.5) is 0 Å². The van der Waals surface area contributed by atoms with Crippen LogP contribution in [0.2, 0.25) is 0 Å². The first-order chi connectivity index (χ1) is 5.18. The summed E-state index contributed by atoms with van der Waals surface area (Å²) in [7, 11) is 0. The van der Waals surface area contributed by atoms with E-state index in [1.54, 1.807) is 0 Å². The predicted octanol–water partition coefficient (Wildman–Crippen LogP) is 0.124. The highest BCUT2D eigenvalue weighted by Gasteiger charge is 2.45. The molecule has 0 aromatic carbocycles. The number of hydrogen-bond acceptors (Lipinski definition) is 3. The molecule has 0 aromatic rings. The molecule has 3 fully saturated rings. The largest absolute Gasteiger partial charge is 0.298 e. The fourth-order valence-corrected chi connectivity index (χ4v) is 1.96. The third-order valence-corrected chi connectivity index (χ3v) is 2.44. The van der Waals surface area contributed by atoms with Gasteiger partial charge in [0.15, 0.2) is 17.3 Å². The van der Waals surface area contributed by atoms with Crippen molar-refractivity contribution in [1.82, 2.24) is 0 Å². The summed E-state index contributed by atoms with van der Waals surface area (Å²) in [4.78, 5) is 33.1. The molecule has 58 valence electrons. The molecule has 3 aliphatic rings. The third-order valence-electron chi connectivity index (χ3n) is 2.44. The zero-order valence-electron chi connectivity index (χ0n) is 6.00. The van der Waals surface area contributed by atoms with Crippen LogP contribution in [0.5, 0.6) is 0 Å². The van der Waals surface area contributed by atoms with Crippen LogP contribution in [0.15, 0.2) is 0 Å². The van der Waals surface area contributed by atoms with Gasteiger partial charge in [-0.1, -0.05) is 0 Å². The van der Waals surface area contributed by atoms with Gasteiger partial charge in [0.25, 0.3) is 0 Å². The molecule has 0 heterocycles. The van der Waals surface area contributed by atoms with Crippen LogP contribution >= 0.6 is 0 Å². The minimum absolute atomic E-state index is 0.0347. The summed E-state index contributed by atoms with van der Waals surface area (Å²) in [5.74, 6) is -1.28. The Morgan fingerprint density at radius 2 is 1.18 bits per heavy atom. The summed E-state index contributed by atoms with van der Waals surface area (Å²) in [6.07, 6.45) is 1.34. The standard InChI is InChI=1S/C8H8O3/c9-5-1-4-2-6(10)8(5)7(11)3-4/h4,8H,1-3H2. The van der Waals surface area contributed by atoms with Crippen LogP contribution in [-0.2, 0) is 14.4 Å². The lowest BCUT2D eigenvalue weighted by Gasteiger charge is -2.31. The first-order valence-corrected chi connectivity index (χ1v) is 3.76. The number of rotatable bonds is 0.